The van der Waals surface area contributed by atoms with Gasteiger partial charge in [-0.15, -0.1) is 0 Å². The van der Waals surface area contributed by atoms with Gasteiger partial charge >= 0.3 is 6.18 Å². The van der Waals surface area contributed by atoms with Crippen LogP contribution in [0.2, 0.25) is 5.02 Å². The fourth-order valence-electron chi connectivity index (χ4n) is 3.47. The maximum atomic E-state index is 12.9. The van der Waals surface area contributed by atoms with Gasteiger partial charge in [0.2, 0.25) is 5.91 Å². The number of nitrogens with one attached hydrogen (secondary N) is 2. The molecule has 1 atom stereocenters. The van der Waals surface area contributed by atoms with E-state index in [0.717, 1.165) is 12.3 Å². The number of aryl methyl sites for hydroxylation is 1. The minimum atomic E-state index is -4.52. The zero-order chi connectivity index (χ0) is 23.5. The lowest BCUT2D eigenvalue weighted by Gasteiger charge is -2.34. The lowest BCUT2D eigenvalue weighted by molar-refractivity contribution is -0.137. The zero-order valence-corrected chi connectivity index (χ0v) is 18.3. The number of hydrogen-bond donors (Lipinski definition) is 2. The minimum Gasteiger partial charge on any atom is -0.353 e. The highest BCUT2D eigenvalue weighted by Gasteiger charge is 2.32. The van der Waals surface area contributed by atoms with E-state index in [1.54, 1.807) is 24.8 Å². The summed E-state index contributed by atoms with van der Waals surface area (Å²) in [6.45, 7) is 4.35. The predicted molar refractivity (Wildman–Crippen MR) is 115 cm³/mol. The molecule has 0 radical (unpaired) electrons. The molecular weight excluding hydrogens is 447 g/mol. The molecular formula is C21H23ClF3N5O2. The van der Waals surface area contributed by atoms with Gasteiger partial charge in [0.05, 0.1) is 10.6 Å². The third-order valence-electron chi connectivity index (χ3n) is 5.01. The molecule has 0 aliphatic carbocycles. The summed E-state index contributed by atoms with van der Waals surface area (Å²) in [6.07, 6.45) is -2.07. The van der Waals surface area contributed by atoms with Crippen LogP contribution in [0.3, 0.4) is 0 Å². The second-order valence-corrected chi connectivity index (χ2v) is 7.98. The van der Waals surface area contributed by atoms with Crippen molar-refractivity contribution in [2.24, 2.45) is 0 Å². The molecule has 3 heterocycles. The molecule has 11 heteroatoms. The molecule has 2 amide bonds. The highest BCUT2D eigenvalue weighted by Crippen LogP contribution is 2.34. The number of pyridine rings is 2. The number of aromatic nitrogens is 2. The number of nitrogens with zero attached hydrogens (tertiary/aromatic N) is 3. The second kappa shape index (κ2) is 9.72. The minimum absolute atomic E-state index is 0.0899. The molecule has 32 heavy (non-hydrogen) atoms. The number of hydrogen-bond acceptors (Lipinski definition) is 5. The summed E-state index contributed by atoms with van der Waals surface area (Å²) in [7, 11) is 0. The smallest absolute Gasteiger partial charge is 0.353 e. The number of carbonyl (C=O) groups excluding carboxylic acids is 2. The lowest BCUT2D eigenvalue weighted by atomic mass is 10.0. The van der Waals surface area contributed by atoms with Crippen molar-refractivity contribution in [2.45, 2.75) is 45.3 Å². The van der Waals surface area contributed by atoms with Crippen molar-refractivity contribution in [3.05, 3.63) is 46.2 Å². The fourth-order valence-corrected chi connectivity index (χ4v) is 3.76. The Morgan fingerprint density at radius 1 is 1.28 bits per heavy atom. The molecule has 1 aliphatic heterocycles. The molecule has 0 aromatic carbocycles. The van der Waals surface area contributed by atoms with Crippen molar-refractivity contribution in [3.8, 4) is 0 Å². The van der Waals surface area contributed by atoms with E-state index in [4.69, 9.17) is 11.6 Å². The van der Waals surface area contributed by atoms with Gasteiger partial charge in [0, 0.05) is 43.0 Å². The van der Waals surface area contributed by atoms with Crippen LogP contribution in [0.5, 0.6) is 0 Å². The Balaban J connectivity index is 1.70. The number of carbonyl (C=O) groups is 2. The van der Waals surface area contributed by atoms with Crippen molar-refractivity contribution < 1.29 is 22.8 Å². The van der Waals surface area contributed by atoms with Gasteiger partial charge in [0.25, 0.3) is 5.91 Å². The van der Waals surface area contributed by atoms with Crippen LogP contribution in [0, 0.1) is 6.92 Å². The average Bonchev–Trinajstić information content (AvgIpc) is 2.72. The number of anilines is 2. The number of rotatable bonds is 5. The SMILES string of the molecule is CCC(=O)Nc1cc(C(=O)NC2CCCN(c3ncc(C(F)(F)F)cc3Cl)C2)cc(C)n1. The zero-order valence-electron chi connectivity index (χ0n) is 17.6. The monoisotopic (exact) mass is 469 g/mol. The lowest BCUT2D eigenvalue weighted by Crippen LogP contribution is -2.48. The molecule has 3 rings (SSSR count). The van der Waals surface area contributed by atoms with E-state index in [9.17, 15) is 22.8 Å². The van der Waals surface area contributed by atoms with Crippen LogP contribution in [-0.2, 0) is 11.0 Å². The summed E-state index contributed by atoms with van der Waals surface area (Å²) in [4.78, 5) is 34.3. The van der Waals surface area contributed by atoms with Crippen LogP contribution in [0.1, 0.15) is 47.8 Å². The molecule has 0 spiro atoms. The van der Waals surface area contributed by atoms with E-state index >= 15 is 0 Å². The highest BCUT2D eigenvalue weighted by molar-refractivity contribution is 6.33. The Hall–Kier alpha value is -2.88. The van der Waals surface area contributed by atoms with Crippen molar-refractivity contribution in [1.29, 1.82) is 0 Å². The number of alkyl halides is 3. The third-order valence-corrected chi connectivity index (χ3v) is 5.29. The highest BCUT2D eigenvalue weighted by atomic mass is 35.5. The first-order valence-corrected chi connectivity index (χ1v) is 10.5. The van der Waals surface area contributed by atoms with E-state index < -0.39 is 11.7 Å². The first kappa shape index (κ1) is 23.8. The number of halogens is 4. The summed E-state index contributed by atoms with van der Waals surface area (Å²) >= 11 is 6.07. The summed E-state index contributed by atoms with van der Waals surface area (Å²) in [5, 5.41) is 5.49. The summed E-state index contributed by atoms with van der Waals surface area (Å²) in [5.41, 5.74) is 0.0221. The quantitative estimate of drug-likeness (QED) is 0.685. The molecule has 1 unspecified atom stereocenters. The first-order valence-electron chi connectivity index (χ1n) is 10.1. The van der Waals surface area contributed by atoms with E-state index in [0.29, 0.717) is 43.0 Å². The first-order chi connectivity index (χ1) is 15.1. The standard InChI is InChI=1S/C21H23ClF3N5O2/c1-3-18(31)29-17-8-13(7-12(2)27-17)20(32)28-15-5-4-6-30(11-15)19-16(22)9-14(10-26-19)21(23,24)25/h7-10,15H,3-6,11H2,1-2H3,(H,28,32)(H,27,29,31). The third kappa shape index (κ3) is 5.87. The Kier molecular flexibility index (Phi) is 7.22. The Labute approximate surface area is 188 Å². The van der Waals surface area contributed by atoms with Crippen LogP contribution >= 0.6 is 11.6 Å². The normalized spacial score (nSPS) is 16.6. The van der Waals surface area contributed by atoms with Crippen LogP contribution in [0.4, 0.5) is 24.8 Å². The Morgan fingerprint density at radius 2 is 2.03 bits per heavy atom. The van der Waals surface area contributed by atoms with Crippen LogP contribution in [0.15, 0.2) is 24.4 Å². The van der Waals surface area contributed by atoms with E-state index in [1.807, 2.05) is 0 Å². The summed E-state index contributed by atoms with van der Waals surface area (Å²) in [5.74, 6) is 0.00932. The van der Waals surface area contributed by atoms with Gasteiger partial charge in [-0.05, 0) is 38.0 Å². The van der Waals surface area contributed by atoms with Crippen LogP contribution < -0.4 is 15.5 Å². The molecule has 1 aliphatic rings. The molecule has 7 nitrogen and oxygen atoms in total. The van der Waals surface area contributed by atoms with Gasteiger partial charge in [-0.3, -0.25) is 9.59 Å². The van der Waals surface area contributed by atoms with Gasteiger partial charge in [-0.1, -0.05) is 18.5 Å². The molecule has 1 saturated heterocycles. The average molecular weight is 470 g/mol. The van der Waals surface area contributed by atoms with Crippen LogP contribution in [0.25, 0.3) is 0 Å². The predicted octanol–water partition coefficient (Wildman–Crippen LogP) is 4.20. The largest absolute Gasteiger partial charge is 0.417 e. The molecule has 0 saturated carbocycles. The number of amides is 2. The van der Waals surface area contributed by atoms with Gasteiger partial charge < -0.3 is 15.5 Å². The Bertz CT molecular complexity index is 1020. The molecule has 2 N–H and O–H groups in total. The molecule has 0 bridgehead atoms. The van der Waals surface area contributed by atoms with Crippen molar-refractivity contribution >= 4 is 35.1 Å². The molecule has 2 aromatic rings. The van der Waals surface area contributed by atoms with E-state index in [-0.39, 0.29) is 35.1 Å². The van der Waals surface area contributed by atoms with Crippen LogP contribution in [-0.4, -0.2) is 40.9 Å². The van der Waals surface area contributed by atoms with Gasteiger partial charge in [0.15, 0.2) is 0 Å². The Morgan fingerprint density at radius 3 is 2.69 bits per heavy atom. The van der Waals surface area contributed by atoms with Crippen molar-refractivity contribution in [3.63, 3.8) is 0 Å². The van der Waals surface area contributed by atoms with E-state index in [2.05, 4.69) is 20.6 Å². The maximum absolute atomic E-state index is 12.9. The molecule has 2 aromatic heterocycles. The fraction of sp³-hybridized carbons (Fsp3) is 0.429. The molecule has 172 valence electrons. The topological polar surface area (TPSA) is 87.2 Å². The molecule has 1 fully saturated rings. The second-order valence-electron chi connectivity index (χ2n) is 7.57. The summed E-state index contributed by atoms with van der Waals surface area (Å²) < 4.78 is 38.6. The van der Waals surface area contributed by atoms with Gasteiger partial charge in [0.1, 0.15) is 11.6 Å². The van der Waals surface area contributed by atoms with E-state index in [1.165, 1.54) is 6.07 Å². The van der Waals surface area contributed by atoms with Crippen molar-refractivity contribution in [2.75, 3.05) is 23.3 Å². The van der Waals surface area contributed by atoms with Gasteiger partial charge in [-0.2, -0.15) is 13.2 Å². The van der Waals surface area contributed by atoms with Gasteiger partial charge in [-0.25, -0.2) is 9.97 Å². The summed E-state index contributed by atoms with van der Waals surface area (Å²) in [6, 6.07) is 3.73. The van der Waals surface area contributed by atoms with Crippen molar-refractivity contribution in [1.82, 2.24) is 15.3 Å². The number of piperidine rings is 1. The maximum Gasteiger partial charge on any atom is 0.417 e.